The third-order valence-corrected chi connectivity index (χ3v) is 8.14. The number of hydrogen-bond acceptors (Lipinski definition) is 3. The maximum Gasteiger partial charge on any atom is 0.349 e. The normalized spacial score (nSPS) is 20.9. The average Bonchev–Trinajstić information content (AvgIpc) is 2.90. The molecule has 195 valence electrons. The topological polar surface area (TPSA) is 46.5 Å². The summed E-state index contributed by atoms with van der Waals surface area (Å²) in [5, 5.41) is 8.85. The zero-order valence-corrected chi connectivity index (χ0v) is 23.6. The molecule has 0 amide bonds. The molecule has 1 aliphatic carbocycles. The summed E-state index contributed by atoms with van der Waals surface area (Å²) in [7, 11) is 2.37. The number of allylic oxidation sites excluding steroid dienone is 11. The first-order valence-electron chi connectivity index (χ1n) is 13.7. The summed E-state index contributed by atoms with van der Waals surface area (Å²) >= 11 is 0. The van der Waals surface area contributed by atoms with Gasteiger partial charge in [-0.1, -0.05) is 124 Å². The summed E-state index contributed by atoms with van der Waals surface area (Å²) in [4.78, 5) is 16.0. The van der Waals surface area contributed by atoms with Crippen LogP contribution in [0.1, 0.15) is 80.6 Å². The molecule has 0 aromatic heterocycles. The summed E-state index contributed by atoms with van der Waals surface area (Å²) in [5.41, 5.74) is 9.90. The smallest absolute Gasteiger partial charge is 0.300 e. The second-order valence-corrected chi connectivity index (χ2v) is 10.5. The molecule has 0 bridgehead atoms. The van der Waals surface area contributed by atoms with E-state index in [-0.39, 0.29) is 17.8 Å². The monoisotopic (exact) mass is 489 g/mol. The molecule has 0 aromatic rings. The Morgan fingerprint density at radius 1 is 1.22 bits per heavy atom. The fraction of sp³-hybridized carbons (Fsp3) is 0.531. The third kappa shape index (κ3) is 7.13. The molecule has 1 heterocycles. The van der Waals surface area contributed by atoms with Crippen LogP contribution in [0, 0.1) is 23.7 Å². The highest BCUT2D eigenvalue weighted by atomic mass is 17.1. The molecule has 0 spiro atoms. The van der Waals surface area contributed by atoms with Crippen molar-refractivity contribution in [3.63, 3.8) is 0 Å². The van der Waals surface area contributed by atoms with Crippen LogP contribution in [-0.2, 0) is 9.68 Å². The van der Waals surface area contributed by atoms with Crippen LogP contribution in [0.5, 0.6) is 0 Å². The van der Waals surface area contributed by atoms with Crippen molar-refractivity contribution in [3.8, 4) is 0 Å². The molecule has 0 aromatic carbocycles. The van der Waals surface area contributed by atoms with Gasteiger partial charge >= 0.3 is 5.97 Å². The zero-order chi connectivity index (χ0) is 27.0. The lowest BCUT2D eigenvalue weighted by molar-refractivity contribution is -0.237. The van der Waals surface area contributed by atoms with Crippen molar-refractivity contribution in [2.24, 2.45) is 23.7 Å². The lowest BCUT2D eigenvalue weighted by atomic mass is 9.55. The summed E-state index contributed by atoms with van der Waals surface area (Å²) in [6, 6.07) is 0. The first kappa shape index (κ1) is 29.9. The quantitative estimate of drug-likeness (QED) is 0.129. The Bertz CT molecular complexity index is 1000. The highest BCUT2D eigenvalue weighted by Crippen LogP contribution is 2.38. The molecule has 1 aliphatic heterocycles. The Labute approximate surface area is 220 Å². The van der Waals surface area contributed by atoms with E-state index in [0.717, 1.165) is 55.1 Å². The fourth-order valence-corrected chi connectivity index (χ4v) is 5.33. The Balaban J connectivity index is 2.29. The maximum absolute atomic E-state index is 11.9. The minimum atomic E-state index is -0.625. The maximum atomic E-state index is 11.9. The standard InChI is InChI=1S/C32H46BO3/c1-10-13-28(23(7)24(8)31-27(12-3)17-26(11-2)19-33-31)16-21(5)22(6)29-15-14-20(4)30(18-29)25(9)32(34)36-35/h14,16-18,22-23,25,29,35H,5,8,10-13,15,19H2,1-4,6-7,9H3. The van der Waals surface area contributed by atoms with Crippen LogP contribution in [0.3, 0.4) is 0 Å². The van der Waals surface area contributed by atoms with Gasteiger partial charge in [0.25, 0.3) is 0 Å². The summed E-state index contributed by atoms with van der Waals surface area (Å²) in [5.74, 6) is -0.423. The molecule has 2 aliphatic rings. The molecule has 1 N–H and O–H groups in total. The highest BCUT2D eigenvalue weighted by molar-refractivity contribution is 6.48. The Morgan fingerprint density at radius 3 is 2.50 bits per heavy atom. The van der Waals surface area contributed by atoms with Crippen LogP contribution in [0.25, 0.3) is 0 Å². The third-order valence-electron chi connectivity index (χ3n) is 8.14. The summed E-state index contributed by atoms with van der Waals surface area (Å²) in [6.07, 6.45) is 15.2. The molecule has 0 saturated heterocycles. The van der Waals surface area contributed by atoms with Gasteiger partial charge in [-0.2, -0.15) is 5.26 Å². The molecular formula is C32H46BO3. The van der Waals surface area contributed by atoms with E-state index in [2.05, 4.69) is 84.2 Å². The predicted octanol–water partition coefficient (Wildman–Crippen LogP) is 8.78. The zero-order valence-electron chi connectivity index (χ0n) is 23.6. The van der Waals surface area contributed by atoms with E-state index in [1.165, 1.54) is 27.8 Å². The average molecular weight is 490 g/mol. The molecular weight excluding hydrogens is 443 g/mol. The van der Waals surface area contributed by atoms with Gasteiger partial charge in [-0.3, -0.25) is 0 Å². The Morgan fingerprint density at radius 2 is 1.92 bits per heavy atom. The van der Waals surface area contributed by atoms with Gasteiger partial charge in [0, 0.05) is 5.92 Å². The second-order valence-electron chi connectivity index (χ2n) is 10.5. The Kier molecular flexibility index (Phi) is 11.5. The minimum absolute atomic E-state index is 0.218. The molecule has 3 nitrogen and oxygen atoms in total. The van der Waals surface area contributed by atoms with Crippen molar-refractivity contribution in [2.75, 3.05) is 0 Å². The predicted molar refractivity (Wildman–Crippen MR) is 154 cm³/mol. The number of hydrogen-bond donors (Lipinski definition) is 1. The van der Waals surface area contributed by atoms with E-state index in [9.17, 15) is 4.79 Å². The SMILES string of the molecule is C=C(C1=C(CC)C=C(CC)C[B]1)C(C)C(=CC(=C)C(C)C1C=C(C(C)C(=O)OO)C(C)=CC1)CCC. The van der Waals surface area contributed by atoms with Crippen molar-refractivity contribution in [1.82, 2.24) is 0 Å². The van der Waals surface area contributed by atoms with Gasteiger partial charge in [0.2, 0.25) is 0 Å². The molecule has 4 unspecified atom stereocenters. The molecule has 1 radical (unpaired) electrons. The highest BCUT2D eigenvalue weighted by Gasteiger charge is 2.27. The van der Waals surface area contributed by atoms with Gasteiger partial charge < -0.3 is 4.89 Å². The molecule has 36 heavy (non-hydrogen) atoms. The van der Waals surface area contributed by atoms with Crippen LogP contribution in [0.2, 0.25) is 6.32 Å². The van der Waals surface area contributed by atoms with Crippen molar-refractivity contribution in [3.05, 3.63) is 81.9 Å². The van der Waals surface area contributed by atoms with E-state index in [1.54, 1.807) is 6.92 Å². The van der Waals surface area contributed by atoms with Gasteiger partial charge in [0.05, 0.1) is 5.92 Å². The fourth-order valence-electron chi connectivity index (χ4n) is 5.33. The van der Waals surface area contributed by atoms with Crippen LogP contribution in [-0.4, -0.2) is 18.5 Å². The van der Waals surface area contributed by atoms with Gasteiger partial charge in [0.15, 0.2) is 7.28 Å². The van der Waals surface area contributed by atoms with Crippen LogP contribution in [0.4, 0.5) is 0 Å². The Hall–Kier alpha value is -2.33. The van der Waals surface area contributed by atoms with E-state index in [1.807, 2.05) is 6.92 Å². The molecule has 0 fully saturated rings. The first-order chi connectivity index (χ1) is 17.1. The number of carbonyl (C=O) groups excluding carboxylic acids is 1. The first-order valence-corrected chi connectivity index (χ1v) is 13.7. The number of rotatable bonds is 12. The van der Waals surface area contributed by atoms with E-state index in [4.69, 9.17) is 5.26 Å². The lowest BCUT2D eigenvalue weighted by Crippen LogP contribution is -2.21. The molecule has 0 saturated carbocycles. The van der Waals surface area contributed by atoms with Gasteiger partial charge in [0.1, 0.15) is 0 Å². The second kappa shape index (κ2) is 13.8. The van der Waals surface area contributed by atoms with Gasteiger partial charge in [-0.05, 0) is 56.9 Å². The largest absolute Gasteiger partial charge is 0.349 e. The summed E-state index contributed by atoms with van der Waals surface area (Å²) in [6.45, 7) is 24.0. The lowest BCUT2D eigenvalue weighted by Gasteiger charge is -2.29. The van der Waals surface area contributed by atoms with Crippen molar-refractivity contribution < 1.29 is 14.9 Å². The van der Waals surface area contributed by atoms with Crippen molar-refractivity contribution >= 4 is 13.2 Å². The molecule has 4 heteroatoms. The van der Waals surface area contributed by atoms with E-state index in [0.29, 0.717) is 0 Å². The van der Waals surface area contributed by atoms with Crippen LogP contribution in [0.15, 0.2) is 81.9 Å². The van der Waals surface area contributed by atoms with Crippen molar-refractivity contribution in [1.29, 1.82) is 0 Å². The van der Waals surface area contributed by atoms with Gasteiger partial charge in [-0.25, -0.2) is 4.79 Å². The van der Waals surface area contributed by atoms with Gasteiger partial charge in [-0.15, -0.1) is 0 Å². The number of carbonyl (C=O) groups is 1. The van der Waals surface area contributed by atoms with Crippen LogP contribution < -0.4 is 0 Å². The molecule has 4 atom stereocenters. The van der Waals surface area contributed by atoms with E-state index < -0.39 is 11.9 Å². The van der Waals surface area contributed by atoms with E-state index >= 15 is 0 Å². The minimum Gasteiger partial charge on any atom is -0.300 e. The summed E-state index contributed by atoms with van der Waals surface area (Å²) < 4.78 is 0. The van der Waals surface area contributed by atoms with Crippen LogP contribution >= 0.6 is 0 Å². The van der Waals surface area contributed by atoms with Crippen molar-refractivity contribution in [2.45, 2.75) is 86.9 Å². The molecule has 2 rings (SSSR count).